The average molecular weight is 93.1 g/mol. The fourth-order valence-corrected chi connectivity index (χ4v) is 0.612. The Labute approximate surface area is 57.7 Å². The van der Waals surface area contributed by atoms with Gasteiger partial charge in [0, 0.05) is 0 Å². The fourth-order valence-electron chi connectivity index (χ4n) is 0.204. The van der Waals surface area contributed by atoms with E-state index in [4.69, 9.17) is 0 Å². The standard InChI is InChI=1S/C5H10.Na/c1-4-5(2)3;/h5H,1-2,4H2,3H3;. The van der Waals surface area contributed by atoms with Crippen LogP contribution >= 0.6 is 0 Å². The molecule has 1 heteroatoms. The van der Waals surface area contributed by atoms with E-state index in [1.54, 1.807) is 0 Å². The van der Waals surface area contributed by atoms with Gasteiger partial charge in [-0.3, -0.25) is 0 Å². The summed E-state index contributed by atoms with van der Waals surface area (Å²) in [5.74, 6) is 0.886. The summed E-state index contributed by atoms with van der Waals surface area (Å²) in [4.78, 5) is 0. The minimum absolute atomic E-state index is 0.886. The van der Waals surface area contributed by atoms with Gasteiger partial charge in [-0.2, -0.15) is 0 Å². The number of rotatable bonds is 2. The first-order valence-electron chi connectivity index (χ1n) is 2.60. The molecule has 0 aliphatic heterocycles. The second-order valence-electron chi connectivity index (χ2n) is 1.80. The second-order valence-corrected chi connectivity index (χ2v) is 2.62. The molecule has 0 heterocycles. The van der Waals surface area contributed by atoms with Gasteiger partial charge in [0.05, 0.1) is 0 Å². The molecule has 0 spiro atoms. The molecular formula is C5H10Na. The molecular weight excluding hydrogens is 83.0 g/mol. The summed E-state index contributed by atoms with van der Waals surface area (Å²) >= 11 is 1.34. The van der Waals surface area contributed by atoms with Gasteiger partial charge in [-0.25, -0.2) is 0 Å². The first kappa shape index (κ1) is 7.00. The zero-order chi connectivity index (χ0) is 4.99. The van der Waals surface area contributed by atoms with Crippen LogP contribution < -0.4 is 0 Å². The van der Waals surface area contributed by atoms with Crippen LogP contribution in [0.25, 0.3) is 0 Å². The molecule has 0 nitrogen and oxygen atoms in total. The summed E-state index contributed by atoms with van der Waals surface area (Å²) in [5.41, 5.74) is 0. The maximum atomic E-state index is 3.78. The van der Waals surface area contributed by atoms with Crippen LogP contribution in [0.4, 0.5) is 0 Å². The van der Waals surface area contributed by atoms with Crippen molar-refractivity contribution in [3.63, 3.8) is 0 Å². The van der Waals surface area contributed by atoms with Gasteiger partial charge in [0.2, 0.25) is 0 Å². The zero-order valence-corrected chi connectivity index (χ0v) is 6.70. The predicted octanol–water partition coefficient (Wildman–Crippen LogP) is 1.43. The maximum absolute atomic E-state index is 3.78. The normalized spacial score (nSPS) is 14.7. The van der Waals surface area contributed by atoms with Crippen molar-refractivity contribution in [3.05, 3.63) is 6.92 Å². The molecule has 0 aromatic carbocycles. The van der Waals surface area contributed by atoms with E-state index in [1.165, 1.54) is 31.6 Å². The topological polar surface area (TPSA) is 0 Å². The third kappa shape index (κ3) is 3.20. The molecule has 0 aliphatic rings. The molecule has 1 atom stereocenters. The number of hydrogen-bond acceptors (Lipinski definition) is 0. The molecule has 6 heavy (non-hydrogen) atoms. The van der Waals surface area contributed by atoms with Crippen molar-refractivity contribution < 1.29 is 0 Å². The van der Waals surface area contributed by atoms with Gasteiger partial charge in [-0.15, -0.1) is 0 Å². The van der Waals surface area contributed by atoms with Crippen molar-refractivity contribution >= 4 is 27.9 Å². The van der Waals surface area contributed by atoms with Crippen molar-refractivity contribution in [1.82, 2.24) is 0 Å². The van der Waals surface area contributed by atoms with Gasteiger partial charge in [0.15, 0.2) is 0 Å². The molecule has 0 amide bonds. The Balaban J connectivity index is 2.75. The van der Waals surface area contributed by atoms with E-state index in [0.29, 0.717) is 0 Å². The summed E-state index contributed by atoms with van der Waals surface area (Å²) < 4.78 is 1.41. The van der Waals surface area contributed by atoms with Crippen LogP contribution in [0.1, 0.15) is 13.3 Å². The molecule has 0 bridgehead atoms. The Bertz CT molecular complexity index is 23.1. The predicted molar refractivity (Wildman–Crippen MR) is 29.7 cm³/mol. The van der Waals surface area contributed by atoms with Crippen molar-refractivity contribution in [1.29, 1.82) is 0 Å². The number of hydrogen-bond donors (Lipinski definition) is 0. The molecule has 1 radical (unpaired) electrons. The van der Waals surface area contributed by atoms with E-state index in [0.717, 1.165) is 12.3 Å². The molecule has 0 aromatic heterocycles. The van der Waals surface area contributed by atoms with Crippen LogP contribution in [0, 0.1) is 12.8 Å². The molecule has 0 rings (SSSR count). The monoisotopic (exact) mass is 93.1 g/mol. The minimum atomic E-state index is 0.886. The molecule has 0 N–H and O–H groups in total. The third-order valence-electron chi connectivity index (χ3n) is 1.19. The Morgan fingerprint density at radius 3 is 2.33 bits per heavy atom. The Morgan fingerprint density at radius 1 is 1.83 bits per heavy atom. The summed E-state index contributed by atoms with van der Waals surface area (Å²) in [6.45, 7) is 6.03. The van der Waals surface area contributed by atoms with Crippen molar-refractivity contribution in [2.75, 3.05) is 0 Å². The van der Waals surface area contributed by atoms with Crippen LogP contribution in [-0.4, -0.2) is 27.9 Å². The summed E-state index contributed by atoms with van der Waals surface area (Å²) in [7, 11) is 0. The molecule has 0 aliphatic carbocycles. The Hall–Kier alpha value is 1.00. The van der Waals surface area contributed by atoms with E-state index in [-0.39, 0.29) is 0 Å². The van der Waals surface area contributed by atoms with E-state index >= 15 is 0 Å². The van der Waals surface area contributed by atoms with E-state index < -0.39 is 0 Å². The summed E-state index contributed by atoms with van der Waals surface area (Å²) in [5, 5.41) is 0. The van der Waals surface area contributed by atoms with E-state index in [1.807, 2.05) is 0 Å². The van der Waals surface area contributed by atoms with Gasteiger partial charge >= 0.3 is 57.8 Å². The molecule has 1 unspecified atom stereocenters. The van der Waals surface area contributed by atoms with Crippen molar-refractivity contribution in [2.24, 2.45) is 5.92 Å². The first-order valence-corrected chi connectivity index (χ1v) is 4.02. The van der Waals surface area contributed by atoms with Gasteiger partial charge in [0.25, 0.3) is 0 Å². The Kier molecular flexibility index (Phi) is 4.86. The van der Waals surface area contributed by atoms with Crippen LogP contribution in [0.3, 0.4) is 0 Å². The van der Waals surface area contributed by atoms with Crippen molar-refractivity contribution in [2.45, 2.75) is 17.0 Å². The van der Waals surface area contributed by atoms with Crippen LogP contribution in [0.5, 0.6) is 0 Å². The fraction of sp³-hybridized carbons (Fsp3) is 0.800. The first-order chi connectivity index (χ1) is 2.81. The van der Waals surface area contributed by atoms with Crippen LogP contribution in [-0.2, 0) is 0 Å². The molecule has 0 saturated heterocycles. The quantitative estimate of drug-likeness (QED) is 0.453. The molecule has 0 saturated carbocycles. The molecule has 0 fully saturated rings. The summed E-state index contributed by atoms with van der Waals surface area (Å²) in [6, 6.07) is 0. The van der Waals surface area contributed by atoms with Gasteiger partial charge in [-0.05, 0) is 0 Å². The van der Waals surface area contributed by atoms with Gasteiger partial charge < -0.3 is 0 Å². The third-order valence-corrected chi connectivity index (χ3v) is 2.58. The van der Waals surface area contributed by atoms with Crippen LogP contribution in [0.15, 0.2) is 0 Å². The van der Waals surface area contributed by atoms with E-state index in [9.17, 15) is 0 Å². The zero-order valence-electron chi connectivity index (χ0n) is 4.70. The molecule has 0 aromatic rings. The SMILES string of the molecule is [CH2]CC(C)[CH2][Na]. The molecule has 31 valence electrons. The van der Waals surface area contributed by atoms with Gasteiger partial charge in [0.1, 0.15) is 0 Å². The summed E-state index contributed by atoms with van der Waals surface area (Å²) in [6.07, 6.45) is 1.11. The van der Waals surface area contributed by atoms with Crippen molar-refractivity contribution in [3.8, 4) is 0 Å². The van der Waals surface area contributed by atoms with Crippen LogP contribution in [0.2, 0.25) is 3.67 Å². The van der Waals surface area contributed by atoms with Gasteiger partial charge in [-0.1, -0.05) is 0 Å². The Morgan fingerprint density at radius 2 is 2.33 bits per heavy atom. The average Bonchev–Trinajstić information content (AvgIpc) is 1.65. The van der Waals surface area contributed by atoms with E-state index in [2.05, 4.69) is 13.8 Å². The second kappa shape index (κ2) is 4.17.